The van der Waals surface area contributed by atoms with E-state index in [1.807, 2.05) is 37.3 Å². The van der Waals surface area contributed by atoms with Crippen molar-refractivity contribution in [3.8, 4) is 5.88 Å². The molecule has 0 saturated heterocycles. The van der Waals surface area contributed by atoms with Gasteiger partial charge in [-0.3, -0.25) is 0 Å². The van der Waals surface area contributed by atoms with Crippen molar-refractivity contribution in [2.75, 3.05) is 11.9 Å². The molecule has 2 rings (SSSR count). The third-order valence-electron chi connectivity index (χ3n) is 2.09. The van der Waals surface area contributed by atoms with Gasteiger partial charge in [-0.05, 0) is 25.1 Å². The molecule has 0 amide bonds. The molecule has 17 heavy (non-hydrogen) atoms. The van der Waals surface area contributed by atoms with Gasteiger partial charge in [0.2, 0.25) is 5.88 Å². The van der Waals surface area contributed by atoms with Gasteiger partial charge in [-0.25, -0.2) is 0 Å². The van der Waals surface area contributed by atoms with Gasteiger partial charge in [0.15, 0.2) is 0 Å². The first-order valence-electron chi connectivity index (χ1n) is 5.36. The number of nitrogens with one attached hydrogen (secondary N) is 1. The van der Waals surface area contributed by atoms with Crippen molar-refractivity contribution in [3.63, 3.8) is 0 Å². The molecule has 2 heterocycles. The van der Waals surface area contributed by atoms with E-state index in [0.29, 0.717) is 12.5 Å². The molecule has 0 fully saturated rings. The molecule has 0 bridgehead atoms. The Bertz CT molecular complexity index is 487. The van der Waals surface area contributed by atoms with E-state index >= 15 is 0 Å². The molecule has 1 N–H and O–H groups in total. The molecule has 0 unspecified atom stereocenters. The van der Waals surface area contributed by atoms with Gasteiger partial charge in [0.05, 0.1) is 17.5 Å². The van der Waals surface area contributed by atoms with Crippen LogP contribution in [0.5, 0.6) is 5.88 Å². The van der Waals surface area contributed by atoms with Crippen LogP contribution in [-0.2, 0) is 6.54 Å². The second kappa shape index (κ2) is 5.89. The molecule has 0 saturated carbocycles. The normalized spacial score (nSPS) is 10.2. The summed E-state index contributed by atoms with van der Waals surface area (Å²) in [4.78, 5) is 5.50. The van der Waals surface area contributed by atoms with Crippen molar-refractivity contribution < 1.29 is 4.74 Å². The van der Waals surface area contributed by atoms with Crippen LogP contribution in [0.25, 0.3) is 0 Å². The van der Waals surface area contributed by atoms with Gasteiger partial charge in [-0.15, -0.1) is 11.3 Å². The van der Waals surface area contributed by atoms with Crippen LogP contribution in [0.1, 0.15) is 11.8 Å². The average Bonchev–Trinajstić information content (AvgIpc) is 2.74. The van der Waals surface area contributed by atoms with Gasteiger partial charge in [-0.1, -0.05) is 17.7 Å². The smallest absolute Gasteiger partial charge is 0.215 e. The van der Waals surface area contributed by atoms with Gasteiger partial charge in [0.1, 0.15) is 5.82 Å². The fraction of sp³-hybridized carbons (Fsp3) is 0.250. The third-order valence-corrected chi connectivity index (χ3v) is 3.32. The molecular formula is C12H13ClN2OS. The summed E-state index contributed by atoms with van der Waals surface area (Å²) in [7, 11) is 0. The van der Waals surface area contributed by atoms with Gasteiger partial charge < -0.3 is 10.1 Å². The number of nitrogens with zero attached hydrogens (tertiary/aromatic N) is 1. The molecule has 0 aliphatic rings. The molecule has 0 aliphatic carbocycles. The number of hydrogen-bond donors (Lipinski definition) is 1. The van der Waals surface area contributed by atoms with Crippen molar-refractivity contribution in [1.29, 1.82) is 0 Å². The molecule has 0 spiro atoms. The maximum atomic E-state index is 5.86. The minimum absolute atomic E-state index is 0.622. The van der Waals surface area contributed by atoms with E-state index in [0.717, 1.165) is 16.7 Å². The second-order valence-corrected chi connectivity index (χ2v) is 5.15. The molecule has 0 aromatic carbocycles. The highest BCUT2D eigenvalue weighted by molar-refractivity contribution is 7.16. The van der Waals surface area contributed by atoms with Gasteiger partial charge >= 0.3 is 0 Å². The predicted molar refractivity (Wildman–Crippen MR) is 72.1 cm³/mol. The van der Waals surface area contributed by atoms with E-state index in [1.54, 1.807) is 11.3 Å². The van der Waals surface area contributed by atoms with Crippen LogP contribution in [0.2, 0.25) is 4.34 Å². The lowest BCUT2D eigenvalue weighted by molar-refractivity contribution is 0.327. The Labute approximate surface area is 109 Å². The summed E-state index contributed by atoms with van der Waals surface area (Å²) < 4.78 is 6.14. The Kier molecular flexibility index (Phi) is 4.23. The van der Waals surface area contributed by atoms with E-state index in [4.69, 9.17) is 16.3 Å². The van der Waals surface area contributed by atoms with Crippen LogP contribution in [-0.4, -0.2) is 11.6 Å². The second-order valence-electron chi connectivity index (χ2n) is 3.35. The fourth-order valence-corrected chi connectivity index (χ4v) is 2.39. The Hall–Kier alpha value is -1.26. The van der Waals surface area contributed by atoms with E-state index in [2.05, 4.69) is 10.3 Å². The number of ether oxygens (including phenoxy) is 1. The van der Waals surface area contributed by atoms with Crippen molar-refractivity contribution in [2.45, 2.75) is 13.5 Å². The third kappa shape index (κ3) is 3.61. The Balaban J connectivity index is 1.96. The number of aromatic nitrogens is 1. The summed E-state index contributed by atoms with van der Waals surface area (Å²) in [6.07, 6.45) is 0. The summed E-state index contributed by atoms with van der Waals surface area (Å²) in [6.45, 7) is 3.28. The van der Waals surface area contributed by atoms with Crippen LogP contribution in [0, 0.1) is 0 Å². The van der Waals surface area contributed by atoms with Crippen LogP contribution in [0.15, 0.2) is 30.3 Å². The highest BCUT2D eigenvalue weighted by atomic mass is 35.5. The lowest BCUT2D eigenvalue weighted by atomic mass is 10.4. The van der Waals surface area contributed by atoms with E-state index < -0.39 is 0 Å². The molecule has 2 aromatic heterocycles. The molecule has 3 nitrogen and oxygen atoms in total. The van der Waals surface area contributed by atoms with Crippen molar-refractivity contribution >= 4 is 28.8 Å². The lowest BCUT2D eigenvalue weighted by Crippen LogP contribution is -2.01. The zero-order chi connectivity index (χ0) is 12.1. The summed E-state index contributed by atoms with van der Waals surface area (Å²) in [5.74, 6) is 1.45. The largest absolute Gasteiger partial charge is 0.478 e. The van der Waals surface area contributed by atoms with Crippen LogP contribution >= 0.6 is 22.9 Å². The number of anilines is 1. The molecule has 2 aromatic rings. The first kappa shape index (κ1) is 12.2. The molecule has 0 aliphatic heterocycles. The first-order chi connectivity index (χ1) is 8.28. The van der Waals surface area contributed by atoms with Crippen LogP contribution in [0.3, 0.4) is 0 Å². The predicted octanol–water partition coefficient (Wildman–Crippen LogP) is 3.81. The first-order valence-corrected chi connectivity index (χ1v) is 6.55. The summed E-state index contributed by atoms with van der Waals surface area (Å²) >= 11 is 7.43. The van der Waals surface area contributed by atoms with E-state index in [1.165, 1.54) is 4.88 Å². The van der Waals surface area contributed by atoms with Gasteiger partial charge in [-0.2, -0.15) is 4.98 Å². The van der Waals surface area contributed by atoms with E-state index in [-0.39, 0.29) is 0 Å². The molecular weight excluding hydrogens is 256 g/mol. The Morgan fingerprint density at radius 1 is 1.35 bits per heavy atom. The van der Waals surface area contributed by atoms with E-state index in [9.17, 15) is 0 Å². The minimum Gasteiger partial charge on any atom is -0.478 e. The molecule has 90 valence electrons. The van der Waals surface area contributed by atoms with Crippen LogP contribution in [0.4, 0.5) is 5.82 Å². The molecule has 0 radical (unpaired) electrons. The number of rotatable bonds is 5. The van der Waals surface area contributed by atoms with Crippen molar-refractivity contribution in [1.82, 2.24) is 4.98 Å². The minimum atomic E-state index is 0.622. The fourth-order valence-electron chi connectivity index (χ4n) is 1.37. The topological polar surface area (TPSA) is 34.1 Å². The van der Waals surface area contributed by atoms with Crippen molar-refractivity contribution in [3.05, 3.63) is 39.5 Å². The Morgan fingerprint density at radius 3 is 2.94 bits per heavy atom. The maximum Gasteiger partial charge on any atom is 0.215 e. The number of halogens is 1. The summed E-state index contributed by atoms with van der Waals surface area (Å²) in [6, 6.07) is 9.58. The summed E-state index contributed by atoms with van der Waals surface area (Å²) in [5.41, 5.74) is 0. The Morgan fingerprint density at radius 2 is 2.24 bits per heavy atom. The molecule has 5 heteroatoms. The lowest BCUT2D eigenvalue weighted by Gasteiger charge is -2.06. The monoisotopic (exact) mass is 268 g/mol. The molecule has 0 atom stereocenters. The maximum absolute atomic E-state index is 5.86. The quantitative estimate of drug-likeness (QED) is 0.895. The zero-order valence-electron chi connectivity index (χ0n) is 9.44. The zero-order valence-corrected chi connectivity index (χ0v) is 11.0. The number of pyridine rings is 1. The highest BCUT2D eigenvalue weighted by Gasteiger charge is 2.00. The number of thiophene rings is 1. The average molecular weight is 269 g/mol. The van der Waals surface area contributed by atoms with Gasteiger partial charge in [0.25, 0.3) is 0 Å². The number of hydrogen-bond acceptors (Lipinski definition) is 4. The van der Waals surface area contributed by atoms with Gasteiger partial charge in [0, 0.05) is 10.9 Å². The standard InChI is InChI=1S/C12H13ClN2OS/c1-2-16-12-5-3-4-11(15-12)14-8-9-6-7-10(13)17-9/h3-7H,2,8H2,1H3,(H,14,15). The van der Waals surface area contributed by atoms with Crippen LogP contribution < -0.4 is 10.1 Å². The van der Waals surface area contributed by atoms with Crippen molar-refractivity contribution in [2.24, 2.45) is 0 Å². The highest BCUT2D eigenvalue weighted by Crippen LogP contribution is 2.22. The summed E-state index contributed by atoms with van der Waals surface area (Å²) in [5, 5.41) is 3.23. The SMILES string of the molecule is CCOc1cccc(NCc2ccc(Cl)s2)n1.